The smallest absolute Gasteiger partial charge is 0.184 e. The van der Waals surface area contributed by atoms with Crippen LogP contribution >= 0.6 is 0 Å². The Hall–Kier alpha value is -1.98. The molecule has 0 N–H and O–H groups in total. The second-order valence-corrected chi connectivity index (χ2v) is 13.3. The Morgan fingerprint density at radius 3 is 2.37 bits per heavy atom. The largest absolute Gasteiger partial charge is 0.374 e. The van der Waals surface area contributed by atoms with E-state index in [2.05, 4.69) is 94.4 Å². The highest BCUT2D eigenvalue weighted by Gasteiger charge is 2.71. The van der Waals surface area contributed by atoms with Crippen molar-refractivity contribution in [2.45, 2.75) is 77.3 Å². The van der Waals surface area contributed by atoms with Crippen LogP contribution in [0.1, 0.15) is 58.0 Å². The van der Waals surface area contributed by atoms with Crippen LogP contribution in [0.2, 0.25) is 0 Å². The molecule has 0 amide bonds. The number of allylic oxidation sites excluding steroid dienone is 1. The summed E-state index contributed by atoms with van der Waals surface area (Å²) in [6.07, 6.45) is 4.42. The van der Waals surface area contributed by atoms with Gasteiger partial charge in [-0.2, -0.15) is 0 Å². The van der Waals surface area contributed by atoms with Crippen molar-refractivity contribution in [3.63, 3.8) is 0 Å². The Bertz CT molecular complexity index is 1190. The number of hydrogen-bond acceptors (Lipinski definition) is 4. The van der Waals surface area contributed by atoms with E-state index in [4.69, 9.17) is 18.9 Å². The second-order valence-electron chi connectivity index (χ2n) is 13.3. The van der Waals surface area contributed by atoms with E-state index < -0.39 is 5.60 Å². The first kappa shape index (κ1) is 25.0. The van der Waals surface area contributed by atoms with Gasteiger partial charge in [-0.25, -0.2) is 0 Å². The molecule has 0 aromatic heterocycles. The first-order valence-corrected chi connectivity index (χ1v) is 14.6. The molecule has 1 aliphatic heterocycles. The summed E-state index contributed by atoms with van der Waals surface area (Å²) in [7, 11) is 1.90. The Kier molecular flexibility index (Phi) is 5.94. The van der Waals surface area contributed by atoms with Gasteiger partial charge in [0.15, 0.2) is 6.29 Å². The van der Waals surface area contributed by atoms with E-state index in [1.165, 1.54) is 11.1 Å². The minimum Gasteiger partial charge on any atom is -0.374 e. The van der Waals surface area contributed by atoms with E-state index in [1.54, 1.807) is 0 Å². The number of methoxy groups -OCH3 is 1. The van der Waals surface area contributed by atoms with E-state index in [0.29, 0.717) is 41.6 Å². The Morgan fingerprint density at radius 2 is 1.66 bits per heavy atom. The summed E-state index contributed by atoms with van der Waals surface area (Å²) in [6.45, 7) is 10.2. The molecule has 0 spiro atoms. The van der Waals surface area contributed by atoms with Crippen molar-refractivity contribution in [2.24, 2.45) is 40.9 Å². The Labute approximate surface area is 227 Å². The fourth-order valence-corrected chi connectivity index (χ4v) is 9.29. The zero-order chi connectivity index (χ0) is 26.2. The Balaban J connectivity index is 1.32. The third-order valence-electron chi connectivity index (χ3n) is 11.0. The average Bonchev–Trinajstić information content (AvgIpc) is 3.39. The van der Waals surface area contributed by atoms with E-state index in [9.17, 15) is 0 Å². The molecule has 3 saturated carbocycles. The van der Waals surface area contributed by atoms with Crippen LogP contribution in [-0.2, 0) is 25.6 Å². The van der Waals surface area contributed by atoms with Gasteiger partial charge in [0.25, 0.3) is 0 Å². The van der Waals surface area contributed by atoms with E-state index in [-0.39, 0.29) is 30.5 Å². The highest BCUT2D eigenvalue weighted by atomic mass is 16.7. The number of hydrogen-bond donors (Lipinski definition) is 0. The molecule has 38 heavy (non-hydrogen) atoms. The summed E-state index contributed by atoms with van der Waals surface area (Å²) in [5.41, 5.74) is 3.72. The molecule has 7 rings (SSSR count). The molecule has 4 aliphatic carbocycles. The van der Waals surface area contributed by atoms with Crippen molar-refractivity contribution in [3.05, 3.63) is 83.4 Å². The van der Waals surface area contributed by atoms with Crippen LogP contribution in [0.15, 0.2) is 72.3 Å². The molecule has 202 valence electrons. The highest BCUT2D eigenvalue weighted by molar-refractivity contribution is 5.32. The van der Waals surface area contributed by atoms with Gasteiger partial charge in [-0.15, -0.1) is 0 Å². The molecule has 2 aromatic rings. The maximum Gasteiger partial charge on any atom is 0.184 e. The summed E-state index contributed by atoms with van der Waals surface area (Å²) in [5, 5.41) is 0. The summed E-state index contributed by atoms with van der Waals surface area (Å²) >= 11 is 0. The standard InChI is InChI=1S/C34H42O4/c1-20-17-34(35-5)18-21(2)30(36-19-22-12-8-6-9-13-22)29(34)31-27-25(16-24-28(26(20)27)33(24,3)4)37-32(38-31)23-14-10-7-11-15-23/h6-15,17,21,24-32H,16,18-19H2,1-5H3/t21-,24-,25-,26-,27-,28-,29-,30-,31-,32-,34+/m0/s1. The minimum absolute atomic E-state index is 0.000629. The zero-order valence-electron chi connectivity index (χ0n) is 23.4. The molecule has 1 saturated heterocycles. The summed E-state index contributed by atoms with van der Waals surface area (Å²) in [5.74, 6) is 2.61. The van der Waals surface area contributed by atoms with Crippen LogP contribution in [0.5, 0.6) is 0 Å². The van der Waals surface area contributed by atoms with Gasteiger partial charge in [0, 0.05) is 24.5 Å². The molecular formula is C34H42O4. The maximum atomic E-state index is 7.13. The van der Waals surface area contributed by atoms with Crippen LogP contribution in [0.3, 0.4) is 0 Å². The molecule has 4 fully saturated rings. The van der Waals surface area contributed by atoms with Crippen molar-refractivity contribution in [2.75, 3.05) is 7.11 Å². The summed E-state index contributed by atoms with van der Waals surface area (Å²) in [6, 6.07) is 21.0. The van der Waals surface area contributed by atoms with Crippen molar-refractivity contribution in [1.82, 2.24) is 0 Å². The lowest BCUT2D eigenvalue weighted by Crippen LogP contribution is -2.56. The number of ether oxygens (including phenoxy) is 4. The topological polar surface area (TPSA) is 36.9 Å². The van der Waals surface area contributed by atoms with Gasteiger partial charge in [-0.1, -0.05) is 93.1 Å². The second kappa shape index (κ2) is 9.02. The summed E-state index contributed by atoms with van der Waals surface area (Å²) < 4.78 is 27.4. The monoisotopic (exact) mass is 514 g/mol. The molecule has 11 atom stereocenters. The van der Waals surface area contributed by atoms with Gasteiger partial charge in [0.05, 0.1) is 30.5 Å². The van der Waals surface area contributed by atoms with Gasteiger partial charge in [0.1, 0.15) is 0 Å². The fourth-order valence-electron chi connectivity index (χ4n) is 9.29. The van der Waals surface area contributed by atoms with Crippen molar-refractivity contribution < 1.29 is 18.9 Å². The predicted molar refractivity (Wildman–Crippen MR) is 147 cm³/mol. The molecule has 5 aliphatic rings. The first-order valence-electron chi connectivity index (χ1n) is 14.6. The quantitative estimate of drug-likeness (QED) is 0.404. The zero-order valence-corrected chi connectivity index (χ0v) is 23.4. The van der Waals surface area contributed by atoms with Crippen molar-refractivity contribution >= 4 is 0 Å². The molecule has 0 unspecified atom stereocenters. The van der Waals surface area contributed by atoms with Gasteiger partial charge in [0.2, 0.25) is 0 Å². The van der Waals surface area contributed by atoms with Crippen LogP contribution in [0.4, 0.5) is 0 Å². The number of fused-ring (bicyclic) bond motifs is 4. The molecule has 0 bridgehead atoms. The minimum atomic E-state index is -0.398. The molecule has 1 heterocycles. The highest BCUT2D eigenvalue weighted by Crippen LogP contribution is 2.72. The molecule has 2 aromatic carbocycles. The lowest BCUT2D eigenvalue weighted by atomic mass is 9.68. The van der Waals surface area contributed by atoms with Crippen LogP contribution in [0, 0.1) is 40.9 Å². The molecule has 4 nitrogen and oxygen atoms in total. The van der Waals surface area contributed by atoms with E-state index in [1.807, 2.05) is 7.11 Å². The Morgan fingerprint density at radius 1 is 0.947 bits per heavy atom. The first-order chi connectivity index (χ1) is 18.3. The predicted octanol–water partition coefficient (Wildman–Crippen LogP) is 6.96. The third-order valence-corrected chi connectivity index (χ3v) is 11.0. The van der Waals surface area contributed by atoms with Crippen molar-refractivity contribution in [3.8, 4) is 0 Å². The van der Waals surface area contributed by atoms with Gasteiger partial charge in [-0.05, 0) is 54.4 Å². The van der Waals surface area contributed by atoms with E-state index >= 15 is 0 Å². The lowest BCUT2D eigenvalue weighted by molar-refractivity contribution is -0.310. The molecular weight excluding hydrogens is 472 g/mol. The van der Waals surface area contributed by atoms with Crippen LogP contribution < -0.4 is 0 Å². The molecule has 4 heteroatoms. The van der Waals surface area contributed by atoms with Crippen molar-refractivity contribution in [1.29, 1.82) is 0 Å². The van der Waals surface area contributed by atoms with Gasteiger partial charge in [-0.3, -0.25) is 0 Å². The average molecular weight is 515 g/mol. The normalized spacial score (nSPS) is 44.3. The van der Waals surface area contributed by atoms with Gasteiger partial charge < -0.3 is 18.9 Å². The summed E-state index contributed by atoms with van der Waals surface area (Å²) in [4.78, 5) is 0. The third kappa shape index (κ3) is 3.71. The van der Waals surface area contributed by atoms with Crippen LogP contribution in [0.25, 0.3) is 0 Å². The maximum absolute atomic E-state index is 7.13. The number of benzene rings is 2. The van der Waals surface area contributed by atoms with Gasteiger partial charge >= 0.3 is 0 Å². The number of rotatable bonds is 5. The van der Waals surface area contributed by atoms with Crippen LogP contribution in [-0.4, -0.2) is 31.0 Å². The molecule has 0 radical (unpaired) electrons. The SMILES string of the molecule is CO[C@@]12C=C(C)[C@H]3[C@H]4[C@H](O[C@@H](c5ccccc5)O[C@H]4C[C@H]4[C@@H]3C4(C)C)[C@@H]1[C@@H](OCc1ccccc1)[C@@H](C)C2. The van der Waals surface area contributed by atoms with E-state index in [0.717, 1.165) is 18.4 Å². The lowest BCUT2D eigenvalue weighted by Gasteiger charge is -2.51. The fraction of sp³-hybridized carbons (Fsp3) is 0.588.